The third kappa shape index (κ3) is 4.69. The second kappa shape index (κ2) is 9.35. The van der Waals surface area contributed by atoms with Gasteiger partial charge in [-0.2, -0.15) is 4.98 Å². The van der Waals surface area contributed by atoms with Crippen LogP contribution in [0.4, 0.5) is 19.1 Å². The molecule has 0 atom stereocenters. The number of nitrogens with zero attached hydrogens (tertiary/aromatic N) is 5. The summed E-state index contributed by atoms with van der Waals surface area (Å²) < 4.78 is 43.0. The van der Waals surface area contributed by atoms with Crippen LogP contribution in [0.15, 0.2) is 59.5 Å². The number of fused-ring (bicyclic) bond motifs is 1. The molecular weight excluding hydrogens is 431 g/mol. The lowest BCUT2D eigenvalue weighted by Gasteiger charge is -2.33. The van der Waals surface area contributed by atoms with Crippen LogP contribution < -0.4 is 11.1 Å². The molecule has 0 aliphatic carbocycles. The second-order valence-electron chi connectivity index (χ2n) is 7.88. The van der Waals surface area contributed by atoms with Gasteiger partial charge in [-0.05, 0) is 50.1 Å². The van der Waals surface area contributed by atoms with Gasteiger partial charge in [0.15, 0.2) is 23.1 Å². The van der Waals surface area contributed by atoms with Crippen LogP contribution in [0.3, 0.4) is 0 Å². The molecular formula is C23H24F3N7. The minimum absolute atomic E-state index is 0.0796. The predicted octanol–water partition coefficient (Wildman–Crippen LogP) is 4.09. The standard InChI is InChI=1S/C23H24F3N7/c1-14(2)12-19(28-13-27)32-10-7-15(8-11-32)29-23-30-22-17(4-3-9-33(22)31-23)16-5-6-18(24)21(26)20(16)25/h3-6,9,12-13,15H,1,7-8,10-11H2,2H3,(H2,27,28)(H,29,31)/b19-12+. The van der Waals surface area contributed by atoms with Crippen molar-refractivity contribution in [2.24, 2.45) is 10.7 Å². The third-order valence-corrected chi connectivity index (χ3v) is 5.42. The summed E-state index contributed by atoms with van der Waals surface area (Å²) in [6.45, 7) is 7.31. The molecule has 0 bridgehead atoms. The van der Waals surface area contributed by atoms with Crippen LogP contribution in [0, 0.1) is 17.5 Å². The van der Waals surface area contributed by atoms with Crippen LogP contribution in [-0.4, -0.2) is 45.0 Å². The summed E-state index contributed by atoms with van der Waals surface area (Å²) in [4.78, 5) is 10.8. The number of rotatable bonds is 6. The molecule has 4 rings (SSSR count). The van der Waals surface area contributed by atoms with Gasteiger partial charge >= 0.3 is 0 Å². The van der Waals surface area contributed by atoms with Crippen molar-refractivity contribution >= 4 is 17.9 Å². The fraction of sp³-hybridized carbons (Fsp3) is 0.261. The summed E-state index contributed by atoms with van der Waals surface area (Å²) in [7, 11) is 0. The van der Waals surface area contributed by atoms with Crippen LogP contribution >= 0.6 is 0 Å². The summed E-state index contributed by atoms with van der Waals surface area (Å²) in [5.74, 6) is -2.87. The van der Waals surface area contributed by atoms with Gasteiger partial charge < -0.3 is 16.0 Å². The highest BCUT2D eigenvalue weighted by atomic mass is 19.2. The van der Waals surface area contributed by atoms with Gasteiger partial charge in [0.25, 0.3) is 0 Å². The number of allylic oxidation sites excluding steroid dienone is 2. The maximum Gasteiger partial charge on any atom is 0.243 e. The minimum Gasteiger partial charge on any atom is -0.390 e. The number of nitrogens with one attached hydrogen (secondary N) is 1. The van der Waals surface area contributed by atoms with Gasteiger partial charge in [0.2, 0.25) is 5.95 Å². The number of aromatic nitrogens is 3. The van der Waals surface area contributed by atoms with Gasteiger partial charge in [0.1, 0.15) is 5.82 Å². The number of pyridine rings is 1. The Hall–Kier alpha value is -3.82. The van der Waals surface area contributed by atoms with E-state index in [1.54, 1.807) is 18.3 Å². The molecule has 1 aliphatic heterocycles. The normalized spacial score (nSPS) is 15.5. The van der Waals surface area contributed by atoms with Crippen molar-refractivity contribution in [3.05, 3.63) is 72.0 Å². The highest BCUT2D eigenvalue weighted by Crippen LogP contribution is 2.29. The van der Waals surface area contributed by atoms with E-state index in [9.17, 15) is 13.2 Å². The molecule has 3 heterocycles. The number of anilines is 1. The number of halogens is 3. The first-order valence-electron chi connectivity index (χ1n) is 10.5. The lowest BCUT2D eigenvalue weighted by molar-refractivity contribution is 0.269. The number of hydrogen-bond acceptors (Lipinski definition) is 5. The number of benzene rings is 1. The Balaban J connectivity index is 1.52. The summed E-state index contributed by atoms with van der Waals surface area (Å²) in [6.07, 6.45) is 6.45. The second-order valence-corrected chi connectivity index (χ2v) is 7.88. The molecule has 1 aromatic carbocycles. The van der Waals surface area contributed by atoms with E-state index in [1.807, 2.05) is 13.0 Å². The van der Waals surface area contributed by atoms with Crippen LogP contribution in [0.5, 0.6) is 0 Å². The number of piperidine rings is 1. The van der Waals surface area contributed by atoms with Crippen LogP contribution in [0.25, 0.3) is 16.8 Å². The van der Waals surface area contributed by atoms with Gasteiger partial charge in [0.05, 0.1) is 6.34 Å². The van der Waals surface area contributed by atoms with Crippen LogP contribution in [0.2, 0.25) is 0 Å². The third-order valence-electron chi connectivity index (χ3n) is 5.42. The van der Waals surface area contributed by atoms with Gasteiger partial charge in [-0.3, -0.25) is 0 Å². The maximum atomic E-state index is 14.4. The van der Waals surface area contributed by atoms with Gasteiger partial charge in [-0.25, -0.2) is 22.7 Å². The molecule has 1 aliphatic rings. The molecule has 0 spiro atoms. The minimum atomic E-state index is -1.52. The molecule has 1 saturated heterocycles. The average molecular weight is 455 g/mol. The van der Waals surface area contributed by atoms with E-state index < -0.39 is 17.5 Å². The highest BCUT2D eigenvalue weighted by molar-refractivity contribution is 5.78. The van der Waals surface area contributed by atoms with Crippen molar-refractivity contribution in [3.63, 3.8) is 0 Å². The quantitative estimate of drug-likeness (QED) is 0.253. The highest BCUT2D eigenvalue weighted by Gasteiger charge is 2.23. The van der Waals surface area contributed by atoms with Crippen molar-refractivity contribution in [3.8, 4) is 11.1 Å². The fourth-order valence-electron chi connectivity index (χ4n) is 3.85. The molecule has 3 N–H and O–H groups in total. The number of hydrogen-bond donors (Lipinski definition) is 2. The zero-order chi connectivity index (χ0) is 23.5. The summed E-state index contributed by atoms with van der Waals surface area (Å²) in [5.41, 5.74) is 6.94. The Bertz CT molecular complexity index is 1240. The predicted molar refractivity (Wildman–Crippen MR) is 122 cm³/mol. The zero-order valence-electron chi connectivity index (χ0n) is 18.1. The lowest BCUT2D eigenvalue weighted by atomic mass is 10.1. The van der Waals surface area contributed by atoms with Crippen molar-refractivity contribution < 1.29 is 13.2 Å². The molecule has 2 aromatic heterocycles. The van der Waals surface area contributed by atoms with Gasteiger partial charge in [0, 0.05) is 36.5 Å². The number of aliphatic imine (C=N–C) groups is 1. The van der Waals surface area contributed by atoms with Crippen molar-refractivity contribution in [1.29, 1.82) is 0 Å². The molecule has 1 fully saturated rings. The maximum absolute atomic E-state index is 14.4. The molecule has 0 saturated carbocycles. The van der Waals surface area contributed by atoms with E-state index in [-0.39, 0.29) is 11.6 Å². The molecule has 172 valence electrons. The lowest BCUT2D eigenvalue weighted by Crippen LogP contribution is -2.38. The topological polar surface area (TPSA) is 83.8 Å². The summed E-state index contributed by atoms with van der Waals surface area (Å²) in [5, 5.41) is 7.73. The van der Waals surface area contributed by atoms with E-state index in [0.717, 1.165) is 43.4 Å². The fourth-order valence-corrected chi connectivity index (χ4v) is 3.85. The van der Waals surface area contributed by atoms with Crippen molar-refractivity contribution in [1.82, 2.24) is 19.5 Å². The average Bonchev–Trinajstić information content (AvgIpc) is 3.20. The monoisotopic (exact) mass is 455 g/mol. The summed E-state index contributed by atoms with van der Waals surface area (Å²) >= 11 is 0. The Morgan fingerprint density at radius 3 is 2.64 bits per heavy atom. The molecule has 3 aromatic rings. The zero-order valence-corrected chi connectivity index (χ0v) is 18.1. The Labute approximate surface area is 189 Å². The molecule has 0 amide bonds. The summed E-state index contributed by atoms with van der Waals surface area (Å²) in [6, 6.07) is 5.45. The van der Waals surface area contributed by atoms with E-state index >= 15 is 0 Å². The first-order chi connectivity index (χ1) is 15.9. The van der Waals surface area contributed by atoms with Gasteiger partial charge in [-0.15, -0.1) is 5.10 Å². The number of likely N-dealkylation sites (tertiary alicyclic amines) is 1. The number of nitrogens with two attached hydrogens (primary N) is 1. The SMILES string of the molecule is C=C(C)/C=C(\N=C/N)N1CCC(Nc2nc3c(-c4ccc(F)c(F)c4F)cccn3n2)CC1. The van der Waals surface area contributed by atoms with E-state index in [4.69, 9.17) is 5.73 Å². The Morgan fingerprint density at radius 1 is 1.18 bits per heavy atom. The largest absolute Gasteiger partial charge is 0.390 e. The van der Waals surface area contributed by atoms with Crippen LogP contribution in [-0.2, 0) is 0 Å². The first kappa shape index (κ1) is 22.4. The molecule has 7 nitrogen and oxygen atoms in total. The van der Waals surface area contributed by atoms with Gasteiger partial charge in [-0.1, -0.05) is 12.2 Å². The van der Waals surface area contributed by atoms with E-state index in [2.05, 4.69) is 31.9 Å². The van der Waals surface area contributed by atoms with Crippen molar-refractivity contribution in [2.45, 2.75) is 25.8 Å². The molecule has 10 heteroatoms. The molecule has 0 unspecified atom stereocenters. The Morgan fingerprint density at radius 2 is 1.94 bits per heavy atom. The van der Waals surface area contributed by atoms with E-state index in [0.29, 0.717) is 17.2 Å². The molecule has 0 radical (unpaired) electrons. The van der Waals surface area contributed by atoms with Crippen LogP contribution in [0.1, 0.15) is 19.8 Å². The first-order valence-corrected chi connectivity index (χ1v) is 10.5. The van der Waals surface area contributed by atoms with Crippen molar-refractivity contribution in [2.75, 3.05) is 18.4 Å². The van der Waals surface area contributed by atoms with E-state index in [1.165, 1.54) is 16.9 Å². The molecule has 33 heavy (non-hydrogen) atoms. The smallest absolute Gasteiger partial charge is 0.243 e. The Kier molecular flexibility index (Phi) is 6.34.